The van der Waals surface area contributed by atoms with Gasteiger partial charge >= 0.3 is 0 Å². The molecule has 1 aliphatic heterocycles. The van der Waals surface area contributed by atoms with Gasteiger partial charge in [-0.15, -0.1) is 12.4 Å². The van der Waals surface area contributed by atoms with Crippen molar-refractivity contribution in [1.82, 2.24) is 15.4 Å². The third-order valence-electron chi connectivity index (χ3n) is 3.48. The van der Waals surface area contributed by atoms with E-state index in [9.17, 15) is 4.79 Å². The molecule has 0 bridgehead atoms. The van der Waals surface area contributed by atoms with Crippen molar-refractivity contribution in [2.45, 2.75) is 39.7 Å². The van der Waals surface area contributed by atoms with Crippen molar-refractivity contribution in [3.05, 3.63) is 17.0 Å². The summed E-state index contributed by atoms with van der Waals surface area (Å²) >= 11 is 0. The van der Waals surface area contributed by atoms with E-state index in [4.69, 9.17) is 4.52 Å². The molecule has 1 fully saturated rings. The number of amides is 1. The van der Waals surface area contributed by atoms with Gasteiger partial charge in [-0.05, 0) is 20.3 Å². The molecule has 6 heteroatoms. The Morgan fingerprint density at radius 3 is 2.84 bits per heavy atom. The van der Waals surface area contributed by atoms with Gasteiger partial charge in [-0.25, -0.2) is 0 Å². The zero-order valence-electron chi connectivity index (χ0n) is 11.7. The van der Waals surface area contributed by atoms with Gasteiger partial charge in [-0.3, -0.25) is 4.79 Å². The Labute approximate surface area is 120 Å². The Balaban J connectivity index is 0.00000180. The van der Waals surface area contributed by atoms with E-state index in [1.165, 1.54) is 0 Å². The molecule has 108 valence electrons. The number of nitrogens with zero attached hydrogens (tertiary/aromatic N) is 2. The molecule has 1 amide bonds. The van der Waals surface area contributed by atoms with Gasteiger partial charge < -0.3 is 14.7 Å². The zero-order chi connectivity index (χ0) is 13.1. The number of aromatic nitrogens is 1. The number of rotatable bonds is 3. The molecule has 2 rings (SSSR count). The summed E-state index contributed by atoms with van der Waals surface area (Å²) in [4.78, 5) is 14.6. The van der Waals surface area contributed by atoms with Gasteiger partial charge in [0.2, 0.25) is 0 Å². The van der Waals surface area contributed by atoms with Crippen molar-refractivity contribution in [2.24, 2.45) is 0 Å². The summed E-state index contributed by atoms with van der Waals surface area (Å²) in [6, 6.07) is 0.282. The first-order chi connectivity index (χ1) is 8.65. The van der Waals surface area contributed by atoms with Crippen LogP contribution in [0.15, 0.2) is 4.52 Å². The van der Waals surface area contributed by atoms with Crippen LogP contribution in [-0.4, -0.2) is 41.6 Å². The van der Waals surface area contributed by atoms with E-state index in [1.54, 1.807) is 6.92 Å². The highest BCUT2D eigenvalue weighted by atomic mass is 35.5. The molecule has 0 aliphatic carbocycles. The number of hydrogen-bond donors (Lipinski definition) is 1. The van der Waals surface area contributed by atoms with Crippen molar-refractivity contribution in [2.75, 3.05) is 19.6 Å². The minimum Gasteiger partial charge on any atom is -0.361 e. The normalized spacial score (nSPS) is 19.1. The van der Waals surface area contributed by atoms with Crippen LogP contribution in [0.5, 0.6) is 0 Å². The Hall–Kier alpha value is -1.07. The second-order valence-electron chi connectivity index (χ2n) is 4.84. The molecular formula is C13H22ClN3O2. The molecule has 1 N–H and O–H groups in total. The average Bonchev–Trinajstić information content (AvgIpc) is 2.69. The monoisotopic (exact) mass is 287 g/mol. The summed E-state index contributed by atoms with van der Waals surface area (Å²) in [7, 11) is 0. The van der Waals surface area contributed by atoms with Crippen molar-refractivity contribution in [3.8, 4) is 0 Å². The van der Waals surface area contributed by atoms with Crippen LogP contribution in [0, 0.1) is 13.8 Å². The number of aryl methyl sites for hydroxylation is 2. The van der Waals surface area contributed by atoms with Crippen molar-refractivity contribution in [1.29, 1.82) is 0 Å². The first-order valence-corrected chi connectivity index (χ1v) is 6.59. The molecule has 1 aromatic heterocycles. The highest BCUT2D eigenvalue weighted by Crippen LogP contribution is 2.19. The van der Waals surface area contributed by atoms with E-state index in [-0.39, 0.29) is 24.4 Å². The number of nitrogens with one attached hydrogen (secondary N) is 1. The number of hydrogen-bond acceptors (Lipinski definition) is 4. The van der Waals surface area contributed by atoms with Gasteiger partial charge in [0.05, 0.1) is 5.69 Å². The average molecular weight is 288 g/mol. The molecule has 0 spiro atoms. The van der Waals surface area contributed by atoms with Crippen LogP contribution < -0.4 is 5.32 Å². The fourth-order valence-electron chi connectivity index (χ4n) is 2.55. The molecule has 1 unspecified atom stereocenters. The fourth-order valence-corrected chi connectivity index (χ4v) is 2.55. The Kier molecular flexibility index (Phi) is 5.82. The van der Waals surface area contributed by atoms with E-state index in [0.717, 1.165) is 32.5 Å². The lowest BCUT2D eigenvalue weighted by atomic mass is 10.1. The number of halogens is 1. The summed E-state index contributed by atoms with van der Waals surface area (Å²) in [5, 5.41) is 7.21. The van der Waals surface area contributed by atoms with Gasteiger partial charge in [0.15, 0.2) is 0 Å². The Bertz CT molecular complexity index is 412. The molecule has 1 aliphatic rings. The van der Waals surface area contributed by atoms with Crippen LogP contribution in [-0.2, 0) is 0 Å². The molecule has 1 aromatic rings. The standard InChI is InChI=1S/C13H21N3O2.ClH/c1-4-5-11-8-14-6-7-16(11)13(17)12-9(2)15-18-10(12)3;/h11,14H,4-8H2,1-3H3;1H. The largest absolute Gasteiger partial charge is 0.361 e. The summed E-state index contributed by atoms with van der Waals surface area (Å²) < 4.78 is 5.09. The predicted molar refractivity (Wildman–Crippen MR) is 75.8 cm³/mol. The van der Waals surface area contributed by atoms with E-state index in [2.05, 4.69) is 17.4 Å². The maximum absolute atomic E-state index is 12.6. The molecule has 1 atom stereocenters. The Morgan fingerprint density at radius 2 is 2.26 bits per heavy atom. The maximum Gasteiger partial charge on any atom is 0.259 e. The quantitative estimate of drug-likeness (QED) is 0.923. The minimum atomic E-state index is 0. The number of piperazine rings is 1. The third kappa shape index (κ3) is 3.28. The number of carbonyl (C=O) groups excluding carboxylic acids is 1. The van der Waals surface area contributed by atoms with Crippen LogP contribution in [0.4, 0.5) is 0 Å². The minimum absolute atomic E-state index is 0. The lowest BCUT2D eigenvalue weighted by Crippen LogP contribution is -2.53. The van der Waals surface area contributed by atoms with Crippen LogP contribution in [0.1, 0.15) is 41.6 Å². The molecular weight excluding hydrogens is 266 g/mol. The maximum atomic E-state index is 12.6. The van der Waals surface area contributed by atoms with E-state index in [1.807, 2.05) is 11.8 Å². The van der Waals surface area contributed by atoms with Crippen molar-refractivity contribution >= 4 is 18.3 Å². The van der Waals surface area contributed by atoms with Gasteiger partial charge in [-0.1, -0.05) is 18.5 Å². The van der Waals surface area contributed by atoms with Crippen LogP contribution in [0.25, 0.3) is 0 Å². The van der Waals surface area contributed by atoms with E-state index >= 15 is 0 Å². The molecule has 5 nitrogen and oxygen atoms in total. The van der Waals surface area contributed by atoms with Gasteiger partial charge in [0.1, 0.15) is 11.3 Å². The zero-order valence-corrected chi connectivity index (χ0v) is 12.5. The van der Waals surface area contributed by atoms with Crippen molar-refractivity contribution < 1.29 is 9.32 Å². The number of carbonyl (C=O) groups is 1. The summed E-state index contributed by atoms with van der Waals surface area (Å²) in [5.74, 6) is 0.678. The van der Waals surface area contributed by atoms with E-state index in [0.29, 0.717) is 17.0 Å². The third-order valence-corrected chi connectivity index (χ3v) is 3.48. The summed E-state index contributed by atoms with van der Waals surface area (Å²) in [5.41, 5.74) is 1.32. The lowest BCUT2D eigenvalue weighted by molar-refractivity contribution is 0.0622. The fraction of sp³-hybridized carbons (Fsp3) is 0.692. The molecule has 0 aromatic carbocycles. The molecule has 0 radical (unpaired) electrons. The second kappa shape index (κ2) is 6.91. The SMILES string of the molecule is CCCC1CNCCN1C(=O)c1c(C)noc1C.Cl. The second-order valence-corrected chi connectivity index (χ2v) is 4.84. The van der Waals surface area contributed by atoms with Gasteiger partial charge in [0, 0.05) is 25.7 Å². The molecule has 1 saturated heterocycles. The summed E-state index contributed by atoms with van der Waals surface area (Å²) in [6.45, 7) is 8.25. The smallest absolute Gasteiger partial charge is 0.259 e. The highest BCUT2D eigenvalue weighted by molar-refractivity contribution is 5.96. The summed E-state index contributed by atoms with van der Waals surface area (Å²) in [6.07, 6.45) is 2.11. The van der Waals surface area contributed by atoms with Gasteiger partial charge in [-0.2, -0.15) is 0 Å². The van der Waals surface area contributed by atoms with Gasteiger partial charge in [0.25, 0.3) is 5.91 Å². The topological polar surface area (TPSA) is 58.4 Å². The predicted octanol–water partition coefficient (Wildman–Crippen LogP) is 1.93. The molecule has 2 heterocycles. The van der Waals surface area contributed by atoms with Crippen LogP contribution >= 0.6 is 12.4 Å². The van der Waals surface area contributed by atoms with E-state index < -0.39 is 0 Å². The Morgan fingerprint density at radius 1 is 1.53 bits per heavy atom. The first-order valence-electron chi connectivity index (χ1n) is 6.59. The molecule has 0 saturated carbocycles. The lowest BCUT2D eigenvalue weighted by Gasteiger charge is -2.36. The van der Waals surface area contributed by atoms with Crippen LogP contribution in [0.2, 0.25) is 0 Å². The van der Waals surface area contributed by atoms with Crippen LogP contribution in [0.3, 0.4) is 0 Å². The first kappa shape index (κ1) is 16.0. The highest BCUT2D eigenvalue weighted by Gasteiger charge is 2.30. The molecule has 19 heavy (non-hydrogen) atoms. The van der Waals surface area contributed by atoms with Crippen molar-refractivity contribution in [3.63, 3.8) is 0 Å².